The fourth-order valence-electron chi connectivity index (χ4n) is 1.93. The highest BCUT2D eigenvalue weighted by Crippen LogP contribution is 2.33. The minimum Gasteiger partial charge on any atom is -0.496 e. The Labute approximate surface area is 123 Å². The number of thioether (sulfide) groups is 1. The van der Waals surface area contributed by atoms with Crippen LogP contribution < -0.4 is 10.5 Å². The van der Waals surface area contributed by atoms with Gasteiger partial charge in [-0.1, -0.05) is 23.9 Å². The van der Waals surface area contributed by atoms with Crippen LogP contribution in [0.3, 0.4) is 0 Å². The maximum absolute atomic E-state index is 5.83. The molecule has 0 radical (unpaired) electrons. The molecule has 0 aliphatic rings. The van der Waals surface area contributed by atoms with Gasteiger partial charge >= 0.3 is 0 Å². The van der Waals surface area contributed by atoms with Crippen LogP contribution in [0.15, 0.2) is 41.8 Å². The zero-order chi connectivity index (χ0) is 14.5. The highest BCUT2D eigenvalue weighted by atomic mass is 32.2. The number of methoxy groups -OCH3 is 1. The second-order valence-corrected chi connectivity index (χ2v) is 5.17. The van der Waals surface area contributed by atoms with Crippen LogP contribution in [0.1, 0.15) is 19.5 Å². The van der Waals surface area contributed by atoms with Crippen molar-refractivity contribution in [3.05, 3.63) is 47.5 Å². The number of fused-ring (bicyclic) bond motifs is 1. The van der Waals surface area contributed by atoms with Crippen molar-refractivity contribution in [2.24, 2.45) is 0 Å². The lowest BCUT2D eigenvalue weighted by atomic mass is 10.1. The molecule has 20 heavy (non-hydrogen) atoms. The molecule has 0 fully saturated rings. The summed E-state index contributed by atoms with van der Waals surface area (Å²) in [5, 5.41) is 2.97. The number of nitrogen functional groups attached to an aromatic ring is 1. The summed E-state index contributed by atoms with van der Waals surface area (Å²) in [4.78, 5) is 5.79. The lowest BCUT2D eigenvalue weighted by molar-refractivity contribution is 0.419. The topological polar surface area (TPSA) is 48.1 Å². The van der Waals surface area contributed by atoms with E-state index in [1.807, 2.05) is 49.6 Å². The van der Waals surface area contributed by atoms with Crippen molar-refractivity contribution in [2.45, 2.75) is 13.8 Å². The summed E-state index contributed by atoms with van der Waals surface area (Å²) in [6.07, 6.45) is 4.06. The number of nitrogens with two attached hydrogens (primary N) is 1. The molecule has 0 bridgehead atoms. The summed E-state index contributed by atoms with van der Waals surface area (Å²) in [5.41, 5.74) is 8.33. The third kappa shape index (κ3) is 2.96. The summed E-state index contributed by atoms with van der Waals surface area (Å²) < 4.78 is 5.47. The van der Waals surface area contributed by atoms with Crippen molar-refractivity contribution >= 4 is 33.3 Å². The van der Waals surface area contributed by atoms with Gasteiger partial charge in [0.25, 0.3) is 0 Å². The first-order valence-corrected chi connectivity index (χ1v) is 7.26. The largest absolute Gasteiger partial charge is 0.496 e. The number of anilines is 1. The number of nitrogens with zero attached hydrogens (tertiary/aromatic N) is 1. The van der Waals surface area contributed by atoms with E-state index in [1.165, 1.54) is 0 Å². The lowest BCUT2D eigenvalue weighted by Crippen LogP contribution is -1.94. The highest BCUT2D eigenvalue weighted by molar-refractivity contribution is 8.10. The molecule has 3 nitrogen and oxygen atoms in total. The van der Waals surface area contributed by atoms with E-state index in [9.17, 15) is 0 Å². The number of hydrogen-bond acceptors (Lipinski definition) is 4. The van der Waals surface area contributed by atoms with Crippen molar-refractivity contribution in [1.29, 1.82) is 0 Å². The van der Waals surface area contributed by atoms with Crippen molar-refractivity contribution in [1.82, 2.24) is 4.98 Å². The lowest BCUT2D eigenvalue weighted by Gasteiger charge is -2.10. The van der Waals surface area contributed by atoms with E-state index < -0.39 is 0 Å². The van der Waals surface area contributed by atoms with Crippen LogP contribution in [0.5, 0.6) is 5.75 Å². The third-order valence-corrected chi connectivity index (χ3v) is 3.97. The van der Waals surface area contributed by atoms with E-state index in [0.29, 0.717) is 5.69 Å². The Morgan fingerprint density at radius 1 is 1.30 bits per heavy atom. The van der Waals surface area contributed by atoms with E-state index in [4.69, 9.17) is 15.5 Å². The van der Waals surface area contributed by atoms with E-state index in [2.05, 4.69) is 6.08 Å². The summed E-state index contributed by atoms with van der Waals surface area (Å²) in [6.45, 7) is 4.00. The fourth-order valence-corrected chi connectivity index (χ4v) is 2.57. The maximum Gasteiger partial charge on any atom is 0.130 e. The summed E-state index contributed by atoms with van der Waals surface area (Å²) in [5.74, 6) is 0.790. The Hall–Kier alpha value is -1.94. The van der Waals surface area contributed by atoms with Gasteiger partial charge < -0.3 is 10.5 Å². The normalized spacial score (nSPS) is 12.2. The van der Waals surface area contributed by atoms with Gasteiger partial charge in [-0.05, 0) is 37.5 Å². The van der Waals surface area contributed by atoms with Crippen LogP contribution in [-0.4, -0.2) is 12.1 Å². The van der Waals surface area contributed by atoms with E-state index in [1.54, 1.807) is 18.9 Å². The second-order valence-electron chi connectivity index (χ2n) is 4.23. The molecule has 2 rings (SSSR count). The Balaban J connectivity index is 2.58. The summed E-state index contributed by atoms with van der Waals surface area (Å²) in [6, 6.07) is 7.62. The number of hydrogen-bond donors (Lipinski definition) is 1. The monoisotopic (exact) mass is 286 g/mol. The average Bonchev–Trinajstić information content (AvgIpc) is 2.47. The molecule has 0 atom stereocenters. The fraction of sp³-hybridized carbons (Fsp3) is 0.188. The third-order valence-electron chi connectivity index (χ3n) is 2.86. The molecule has 2 aromatic rings. The molecule has 0 amide bonds. The Morgan fingerprint density at radius 2 is 2.10 bits per heavy atom. The van der Waals surface area contributed by atoms with Gasteiger partial charge in [0, 0.05) is 22.0 Å². The Kier molecular flexibility index (Phi) is 4.69. The number of aromatic nitrogens is 1. The molecule has 1 heterocycles. The minimum atomic E-state index is 0.708. The average molecular weight is 286 g/mol. The number of ether oxygens (including phenoxy) is 1. The molecule has 2 N–H and O–H groups in total. The molecule has 0 unspecified atom stereocenters. The predicted molar refractivity (Wildman–Crippen MR) is 88.8 cm³/mol. The molecular weight excluding hydrogens is 268 g/mol. The van der Waals surface area contributed by atoms with Crippen LogP contribution in [0.2, 0.25) is 0 Å². The van der Waals surface area contributed by atoms with Gasteiger partial charge in [0.1, 0.15) is 5.75 Å². The molecule has 0 aliphatic carbocycles. The highest BCUT2D eigenvalue weighted by Gasteiger charge is 2.09. The molecule has 0 aliphatic heterocycles. The number of pyridine rings is 1. The molecule has 0 spiro atoms. The van der Waals surface area contributed by atoms with E-state index in [0.717, 1.165) is 27.3 Å². The van der Waals surface area contributed by atoms with Crippen molar-refractivity contribution in [3.63, 3.8) is 0 Å². The number of allylic oxidation sites excluding steroid dienone is 2. The van der Waals surface area contributed by atoms with Crippen LogP contribution in [0.25, 0.3) is 15.8 Å². The van der Waals surface area contributed by atoms with Gasteiger partial charge in [-0.15, -0.1) is 0 Å². The van der Waals surface area contributed by atoms with Gasteiger partial charge in [-0.25, -0.2) is 4.98 Å². The molecule has 4 heteroatoms. The van der Waals surface area contributed by atoms with Gasteiger partial charge in [-0.3, -0.25) is 0 Å². The quantitative estimate of drug-likeness (QED) is 0.843. The van der Waals surface area contributed by atoms with Gasteiger partial charge in [0.2, 0.25) is 0 Å². The Morgan fingerprint density at radius 3 is 2.75 bits per heavy atom. The van der Waals surface area contributed by atoms with Gasteiger partial charge in [0.05, 0.1) is 18.3 Å². The minimum absolute atomic E-state index is 0.708. The number of benzene rings is 1. The zero-order valence-electron chi connectivity index (χ0n) is 11.9. The van der Waals surface area contributed by atoms with E-state index in [-0.39, 0.29) is 0 Å². The maximum atomic E-state index is 5.83. The van der Waals surface area contributed by atoms with Crippen LogP contribution in [0.4, 0.5) is 5.69 Å². The summed E-state index contributed by atoms with van der Waals surface area (Å²) >= 11 is 1.64. The molecule has 1 aromatic heterocycles. The van der Waals surface area contributed by atoms with Crippen LogP contribution in [-0.2, 0) is 0 Å². The van der Waals surface area contributed by atoms with E-state index >= 15 is 0 Å². The second kappa shape index (κ2) is 6.48. The molecular formula is C16H18N2OS. The standard InChI is InChI=1S/C16H18N2OS/c1-4-8-20-16(5-2)14-10-15(19-3)12-9-11(17)6-7-13(12)18-14/h4-10H,17H2,1-3H3/b8-4-,16-5-. The molecule has 0 saturated heterocycles. The predicted octanol–water partition coefficient (Wildman–Crippen LogP) is 4.45. The van der Waals surface area contributed by atoms with Crippen LogP contribution >= 0.6 is 11.8 Å². The first-order chi connectivity index (χ1) is 9.69. The first kappa shape index (κ1) is 14.5. The first-order valence-electron chi connectivity index (χ1n) is 6.38. The molecule has 1 aromatic carbocycles. The molecule has 104 valence electrons. The number of rotatable bonds is 4. The van der Waals surface area contributed by atoms with Crippen molar-refractivity contribution in [2.75, 3.05) is 12.8 Å². The Bertz CT molecular complexity index is 677. The SMILES string of the molecule is C/C=C\S/C(=C\C)c1cc(OC)c2cc(N)ccc2n1. The summed E-state index contributed by atoms with van der Waals surface area (Å²) in [7, 11) is 1.66. The van der Waals surface area contributed by atoms with Gasteiger partial charge in [-0.2, -0.15) is 0 Å². The van der Waals surface area contributed by atoms with Crippen LogP contribution in [0, 0.1) is 0 Å². The molecule has 0 saturated carbocycles. The van der Waals surface area contributed by atoms with Crippen molar-refractivity contribution < 1.29 is 4.74 Å². The zero-order valence-corrected chi connectivity index (χ0v) is 12.7. The van der Waals surface area contributed by atoms with Gasteiger partial charge in [0.15, 0.2) is 0 Å². The smallest absolute Gasteiger partial charge is 0.130 e. The van der Waals surface area contributed by atoms with Crippen molar-refractivity contribution in [3.8, 4) is 5.75 Å².